The number of rotatable bonds is 6. The average Bonchev–Trinajstić information content (AvgIpc) is 2.59. The molecule has 0 saturated carbocycles. The van der Waals surface area contributed by atoms with Gasteiger partial charge in [-0.3, -0.25) is 4.79 Å². The van der Waals surface area contributed by atoms with Gasteiger partial charge in [0.15, 0.2) is 0 Å². The van der Waals surface area contributed by atoms with E-state index in [0.29, 0.717) is 24.5 Å². The van der Waals surface area contributed by atoms with Crippen LogP contribution in [-0.4, -0.2) is 37.0 Å². The second-order valence-electron chi connectivity index (χ2n) is 6.18. The number of carbonyl (C=O) groups is 2. The Morgan fingerprint density at radius 3 is 2.46 bits per heavy atom. The fourth-order valence-corrected chi connectivity index (χ4v) is 2.36. The summed E-state index contributed by atoms with van der Waals surface area (Å²) in [6, 6.07) is 12.9. The number of hydrogen-bond donors (Lipinski definition) is 2. The first-order valence-electron chi connectivity index (χ1n) is 8.45. The number of anilines is 2. The zero-order valence-corrected chi connectivity index (χ0v) is 15.6. The topological polar surface area (TPSA) is 70.7 Å². The van der Waals surface area contributed by atoms with Gasteiger partial charge in [-0.25, -0.2) is 4.79 Å². The minimum atomic E-state index is -0.235. The van der Waals surface area contributed by atoms with E-state index in [1.165, 1.54) is 6.92 Å². The van der Waals surface area contributed by atoms with E-state index < -0.39 is 0 Å². The van der Waals surface area contributed by atoms with Crippen LogP contribution in [0.25, 0.3) is 0 Å². The van der Waals surface area contributed by atoms with Crippen molar-refractivity contribution in [2.75, 3.05) is 30.8 Å². The van der Waals surface area contributed by atoms with Gasteiger partial charge in [-0.15, -0.1) is 0 Å². The van der Waals surface area contributed by atoms with Crippen LogP contribution in [0.2, 0.25) is 0 Å². The van der Waals surface area contributed by atoms with Crippen molar-refractivity contribution in [3.63, 3.8) is 0 Å². The standard InChI is InChI=1S/C20H25N3O3/c1-14-9-10-17(21-16(3)24)13-18(14)22-20(25)23(4)11-12-26-19-8-6-5-7-15(19)2/h5-10,13H,11-12H2,1-4H3,(H,21,24)(H,22,25). The van der Waals surface area contributed by atoms with Crippen LogP contribution in [0.15, 0.2) is 42.5 Å². The molecule has 26 heavy (non-hydrogen) atoms. The Bertz CT molecular complexity index is 790. The first-order chi connectivity index (χ1) is 12.4. The van der Waals surface area contributed by atoms with Crippen molar-refractivity contribution in [2.45, 2.75) is 20.8 Å². The number of likely N-dealkylation sites (N-methyl/N-ethyl adjacent to an activating group) is 1. The molecule has 3 amide bonds. The van der Waals surface area contributed by atoms with E-state index in [2.05, 4.69) is 10.6 Å². The molecule has 0 aliphatic rings. The van der Waals surface area contributed by atoms with Crippen molar-refractivity contribution < 1.29 is 14.3 Å². The van der Waals surface area contributed by atoms with E-state index in [1.54, 1.807) is 24.1 Å². The number of amides is 3. The summed E-state index contributed by atoms with van der Waals surface area (Å²) in [7, 11) is 1.71. The lowest BCUT2D eigenvalue weighted by Crippen LogP contribution is -2.34. The van der Waals surface area contributed by atoms with Crippen LogP contribution in [-0.2, 0) is 4.79 Å². The summed E-state index contributed by atoms with van der Waals surface area (Å²) in [5.41, 5.74) is 3.28. The molecule has 0 aliphatic carbocycles. The molecule has 0 bridgehead atoms. The highest BCUT2D eigenvalue weighted by atomic mass is 16.5. The van der Waals surface area contributed by atoms with E-state index in [0.717, 1.165) is 16.9 Å². The summed E-state index contributed by atoms with van der Waals surface area (Å²) < 4.78 is 5.73. The van der Waals surface area contributed by atoms with Crippen molar-refractivity contribution in [3.8, 4) is 5.75 Å². The third kappa shape index (κ3) is 5.51. The summed E-state index contributed by atoms with van der Waals surface area (Å²) in [5, 5.41) is 5.57. The lowest BCUT2D eigenvalue weighted by atomic mass is 10.2. The van der Waals surface area contributed by atoms with E-state index >= 15 is 0 Å². The van der Waals surface area contributed by atoms with Gasteiger partial charge in [0.25, 0.3) is 0 Å². The minimum Gasteiger partial charge on any atom is -0.491 e. The number of hydrogen-bond acceptors (Lipinski definition) is 3. The second kappa shape index (κ2) is 8.89. The predicted molar refractivity (Wildman–Crippen MR) is 104 cm³/mol. The highest BCUT2D eigenvalue weighted by Crippen LogP contribution is 2.21. The molecule has 6 heteroatoms. The molecule has 2 N–H and O–H groups in total. The third-order valence-electron chi connectivity index (χ3n) is 3.92. The second-order valence-corrected chi connectivity index (χ2v) is 6.18. The number of nitrogens with one attached hydrogen (secondary N) is 2. The maximum absolute atomic E-state index is 12.4. The molecule has 0 saturated heterocycles. The lowest BCUT2D eigenvalue weighted by molar-refractivity contribution is -0.114. The van der Waals surface area contributed by atoms with Crippen molar-refractivity contribution >= 4 is 23.3 Å². The molecule has 2 aromatic carbocycles. The summed E-state index contributed by atoms with van der Waals surface area (Å²) in [5.74, 6) is 0.664. The van der Waals surface area contributed by atoms with E-state index in [1.807, 2.05) is 44.2 Å². The number of ether oxygens (including phenoxy) is 1. The van der Waals surface area contributed by atoms with Gasteiger partial charge < -0.3 is 20.3 Å². The molecule has 2 rings (SSSR count). The smallest absolute Gasteiger partial charge is 0.321 e. The van der Waals surface area contributed by atoms with E-state index in [4.69, 9.17) is 4.74 Å². The highest BCUT2D eigenvalue weighted by molar-refractivity contribution is 5.93. The van der Waals surface area contributed by atoms with Gasteiger partial charge in [0.05, 0.1) is 6.54 Å². The maximum atomic E-state index is 12.4. The van der Waals surface area contributed by atoms with Crippen LogP contribution in [0.3, 0.4) is 0 Å². The summed E-state index contributed by atoms with van der Waals surface area (Å²) in [6.07, 6.45) is 0. The van der Waals surface area contributed by atoms with Crippen LogP contribution in [0, 0.1) is 13.8 Å². The number of carbonyl (C=O) groups excluding carboxylic acids is 2. The van der Waals surface area contributed by atoms with Crippen molar-refractivity contribution in [1.82, 2.24) is 4.90 Å². The van der Waals surface area contributed by atoms with E-state index in [9.17, 15) is 9.59 Å². The number of para-hydroxylation sites is 1. The first kappa shape index (κ1) is 19.3. The molecule has 0 aliphatic heterocycles. The Hall–Kier alpha value is -3.02. The van der Waals surface area contributed by atoms with Crippen LogP contribution in [0.1, 0.15) is 18.1 Å². The number of aryl methyl sites for hydroxylation is 2. The zero-order chi connectivity index (χ0) is 19.1. The first-order valence-corrected chi connectivity index (χ1v) is 8.45. The average molecular weight is 355 g/mol. The summed E-state index contributed by atoms with van der Waals surface area (Å²) in [4.78, 5) is 25.1. The highest BCUT2D eigenvalue weighted by Gasteiger charge is 2.11. The Morgan fingerprint density at radius 2 is 1.77 bits per heavy atom. The van der Waals surface area contributed by atoms with Gasteiger partial charge in [0.2, 0.25) is 5.91 Å². The van der Waals surface area contributed by atoms with Gasteiger partial charge in [0.1, 0.15) is 12.4 Å². The molecule has 2 aromatic rings. The molecule has 6 nitrogen and oxygen atoms in total. The maximum Gasteiger partial charge on any atom is 0.321 e. The normalized spacial score (nSPS) is 10.2. The molecular formula is C20H25N3O3. The molecule has 0 unspecified atom stereocenters. The fourth-order valence-electron chi connectivity index (χ4n) is 2.36. The van der Waals surface area contributed by atoms with Gasteiger partial charge in [-0.1, -0.05) is 24.3 Å². The van der Waals surface area contributed by atoms with Gasteiger partial charge in [0, 0.05) is 25.3 Å². The molecule has 0 heterocycles. The van der Waals surface area contributed by atoms with Crippen molar-refractivity contribution in [1.29, 1.82) is 0 Å². The van der Waals surface area contributed by atoms with E-state index in [-0.39, 0.29) is 11.9 Å². The summed E-state index contributed by atoms with van der Waals surface area (Å²) in [6.45, 7) is 6.18. The van der Waals surface area contributed by atoms with Crippen LogP contribution in [0.4, 0.5) is 16.2 Å². The van der Waals surface area contributed by atoms with Gasteiger partial charge >= 0.3 is 6.03 Å². The molecule has 0 atom stereocenters. The summed E-state index contributed by atoms with van der Waals surface area (Å²) >= 11 is 0. The Kier molecular flexibility index (Phi) is 6.60. The van der Waals surface area contributed by atoms with Crippen LogP contribution < -0.4 is 15.4 Å². The molecular weight excluding hydrogens is 330 g/mol. The SMILES string of the molecule is CC(=O)Nc1ccc(C)c(NC(=O)N(C)CCOc2ccccc2C)c1. The van der Waals surface area contributed by atoms with Crippen LogP contribution in [0.5, 0.6) is 5.75 Å². The zero-order valence-electron chi connectivity index (χ0n) is 15.6. The molecule has 0 spiro atoms. The number of urea groups is 1. The molecule has 0 fully saturated rings. The fraction of sp³-hybridized carbons (Fsp3) is 0.300. The predicted octanol–water partition coefficient (Wildman–Crippen LogP) is 3.80. The Labute approximate surface area is 154 Å². The van der Waals surface area contributed by atoms with Crippen molar-refractivity contribution in [2.24, 2.45) is 0 Å². The molecule has 0 aromatic heterocycles. The largest absolute Gasteiger partial charge is 0.491 e. The molecule has 138 valence electrons. The lowest BCUT2D eigenvalue weighted by Gasteiger charge is -2.20. The van der Waals surface area contributed by atoms with Gasteiger partial charge in [-0.05, 0) is 43.2 Å². The number of benzene rings is 2. The minimum absolute atomic E-state index is 0.156. The third-order valence-corrected chi connectivity index (χ3v) is 3.92. The monoisotopic (exact) mass is 355 g/mol. The van der Waals surface area contributed by atoms with Gasteiger partial charge in [-0.2, -0.15) is 0 Å². The Morgan fingerprint density at radius 1 is 1.04 bits per heavy atom. The quantitative estimate of drug-likeness (QED) is 0.828. The Balaban J connectivity index is 1.90. The van der Waals surface area contributed by atoms with Crippen LogP contribution >= 0.6 is 0 Å². The molecule has 0 radical (unpaired) electrons. The number of nitrogens with zero attached hydrogens (tertiary/aromatic N) is 1. The van der Waals surface area contributed by atoms with Crippen molar-refractivity contribution in [3.05, 3.63) is 53.6 Å².